The number of alkyl halides is 3. The molecule has 0 bridgehead atoms. The number of rotatable bonds is 5. The third-order valence-corrected chi connectivity index (χ3v) is 5.30. The minimum Gasteiger partial charge on any atom is -0.445 e. The molecular weight excluding hydrogens is 395 g/mol. The molecule has 4 rings (SSSR count). The van der Waals surface area contributed by atoms with Crippen LogP contribution in [0.5, 0.6) is 0 Å². The molecule has 3 aromatic rings. The van der Waals surface area contributed by atoms with Crippen molar-refractivity contribution >= 4 is 34.2 Å². The standard InChI is InChI=1S/C17H16F3N5O2S/c1-8-22-13(25-16(2)3-4-16)12-9(6-27-15(12)23-8)14(26)21-5-11-24-10(7-28-11)17(18,19)20/h6-7H,3-5H2,1-2H3,(H,21,26)(H,22,23,25). The summed E-state index contributed by atoms with van der Waals surface area (Å²) in [5, 5.41) is 7.43. The fourth-order valence-corrected chi connectivity index (χ4v) is 3.42. The van der Waals surface area contributed by atoms with Gasteiger partial charge in [-0.25, -0.2) is 9.97 Å². The predicted molar refractivity (Wildman–Crippen MR) is 96.1 cm³/mol. The fourth-order valence-electron chi connectivity index (χ4n) is 2.68. The first-order valence-electron chi connectivity index (χ1n) is 8.48. The van der Waals surface area contributed by atoms with E-state index in [-0.39, 0.29) is 28.4 Å². The highest BCUT2D eigenvalue weighted by atomic mass is 32.1. The molecule has 0 aliphatic heterocycles. The molecule has 1 aliphatic rings. The molecule has 28 heavy (non-hydrogen) atoms. The zero-order valence-electron chi connectivity index (χ0n) is 15.0. The fraction of sp³-hybridized carbons (Fsp3) is 0.412. The Bertz CT molecular complexity index is 1050. The van der Waals surface area contributed by atoms with E-state index >= 15 is 0 Å². The Morgan fingerprint density at radius 3 is 2.71 bits per heavy atom. The SMILES string of the molecule is Cc1nc(NC2(C)CC2)c2c(C(=O)NCc3nc(C(F)(F)F)cs3)coc2n1. The molecule has 3 aromatic heterocycles. The number of furan rings is 1. The maximum Gasteiger partial charge on any atom is 0.434 e. The van der Waals surface area contributed by atoms with Gasteiger partial charge in [0.2, 0.25) is 5.71 Å². The van der Waals surface area contributed by atoms with Gasteiger partial charge in [-0.1, -0.05) is 0 Å². The molecule has 0 spiro atoms. The normalized spacial score (nSPS) is 15.6. The maximum atomic E-state index is 12.6. The van der Waals surface area contributed by atoms with E-state index in [1.54, 1.807) is 6.92 Å². The molecule has 7 nitrogen and oxygen atoms in total. The smallest absolute Gasteiger partial charge is 0.434 e. The molecule has 1 saturated carbocycles. The topological polar surface area (TPSA) is 92.9 Å². The number of carbonyl (C=O) groups is 1. The molecule has 11 heteroatoms. The Kier molecular flexibility index (Phi) is 4.29. The van der Waals surface area contributed by atoms with E-state index in [1.807, 2.05) is 0 Å². The minimum atomic E-state index is -4.51. The molecule has 1 amide bonds. The number of thiazole rings is 1. The van der Waals surface area contributed by atoms with Crippen LogP contribution < -0.4 is 10.6 Å². The van der Waals surface area contributed by atoms with Gasteiger partial charge in [-0.05, 0) is 26.7 Å². The van der Waals surface area contributed by atoms with Crippen molar-refractivity contribution in [2.45, 2.75) is 44.9 Å². The highest BCUT2D eigenvalue weighted by molar-refractivity contribution is 7.09. The summed E-state index contributed by atoms with van der Waals surface area (Å²) >= 11 is 0.834. The summed E-state index contributed by atoms with van der Waals surface area (Å²) in [7, 11) is 0. The van der Waals surface area contributed by atoms with Crippen LogP contribution in [0.25, 0.3) is 11.1 Å². The summed E-state index contributed by atoms with van der Waals surface area (Å²) in [4.78, 5) is 24.7. The van der Waals surface area contributed by atoms with Gasteiger partial charge in [-0.15, -0.1) is 11.3 Å². The number of hydrogen-bond donors (Lipinski definition) is 2. The van der Waals surface area contributed by atoms with Crippen LogP contribution in [0.15, 0.2) is 16.1 Å². The number of aryl methyl sites for hydroxylation is 1. The Morgan fingerprint density at radius 2 is 2.07 bits per heavy atom. The monoisotopic (exact) mass is 411 g/mol. The van der Waals surface area contributed by atoms with Crippen molar-refractivity contribution in [3.05, 3.63) is 33.7 Å². The van der Waals surface area contributed by atoms with Crippen molar-refractivity contribution in [1.82, 2.24) is 20.3 Å². The molecule has 3 heterocycles. The summed E-state index contributed by atoms with van der Waals surface area (Å²) in [6.07, 6.45) is -1.25. The second kappa shape index (κ2) is 6.43. The zero-order valence-corrected chi connectivity index (χ0v) is 15.8. The van der Waals surface area contributed by atoms with Gasteiger partial charge < -0.3 is 15.1 Å². The van der Waals surface area contributed by atoms with Crippen molar-refractivity contribution in [1.29, 1.82) is 0 Å². The average Bonchev–Trinajstić information content (AvgIpc) is 3.02. The first-order chi connectivity index (χ1) is 13.1. The number of halogens is 3. The van der Waals surface area contributed by atoms with Gasteiger partial charge in [0.25, 0.3) is 5.91 Å². The van der Waals surface area contributed by atoms with E-state index in [1.165, 1.54) is 6.26 Å². The summed E-state index contributed by atoms with van der Waals surface area (Å²) in [6.45, 7) is 3.65. The molecule has 1 fully saturated rings. The van der Waals surface area contributed by atoms with Crippen LogP contribution in [0.1, 0.15) is 46.6 Å². The second-order valence-corrected chi connectivity index (χ2v) is 7.88. The highest BCUT2D eigenvalue weighted by Crippen LogP contribution is 2.40. The Morgan fingerprint density at radius 1 is 1.32 bits per heavy atom. The van der Waals surface area contributed by atoms with Crippen molar-refractivity contribution in [3.63, 3.8) is 0 Å². The molecule has 0 aromatic carbocycles. The van der Waals surface area contributed by atoms with Gasteiger partial charge in [0.15, 0.2) is 5.69 Å². The lowest BCUT2D eigenvalue weighted by atomic mass is 10.2. The van der Waals surface area contributed by atoms with Crippen LogP contribution in [-0.2, 0) is 12.7 Å². The molecule has 0 unspecified atom stereocenters. The minimum absolute atomic E-state index is 0.0758. The van der Waals surface area contributed by atoms with Crippen LogP contribution in [-0.4, -0.2) is 26.4 Å². The average molecular weight is 411 g/mol. The van der Waals surface area contributed by atoms with Crippen molar-refractivity contribution < 1.29 is 22.4 Å². The van der Waals surface area contributed by atoms with E-state index in [4.69, 9.17) is 4.42 Å². The van der Waals surface area contributed by atoms with E-state index in [9.17, 15) is 18.0 Å². The number of nitrogens with zero attached hydrogens (tertiary/aromatic N) is 3. The molecule has 148 valence electrons. The number of fused-ring (bicyclic) bond motifs is 1. The molecule has 0 saturated heterocycles. The quantitative estimate of drug-likeness (QED) is 0.662. The largest absolute Gasteiger partial charge is 0.445 e. The van der Waals surface area contributed by atoms with Crippen LogP contribution in [0, 0.1) is 6.92 Å². The number of hydrogen-bond acceptors (Lipinski definition) is 7. The van der Waals surface area contributed by atoms with Crippen LogP contribution in [0.4, 0.5) is 19.0 Å². The summed E-state index contributed by atoms with van der Waals surface area (Å²) < 4.78 is 43.3. The molecule has 0 atom stereocenters. The van der Waals surface area contributed by atoms with Crippen LogP contribution in [0.2, 0.25) is 0 Å². The zero-order chi connectivity index (χ0) is 20.1. The molecule has 0 radical (unpaired) electrons. The second-order valence-electron chi connectivity index (χ2n) is 6.94. The van der Waals surface area contributed by atoms with Crippen molar-refractivity contribution in [3.8, 4) is 0 Å². The lowest BCUT2D eigenvalue weighted by molar-refractivity contribution is -0.140. The Balaban J connectivity index is 1.56. The third-order valence-electron chi connectivity index (χ3n) is 4.45. The van der Waals surface area contributed by atoms with Gasteiger partial charge in [0, 0.05) is 10.9 Å². The van der Waals surface area contributed by atoms with Gasteiger partial charge >= 0.3 is 6.18 Å². The van der Waals surface area contributed by atoms with Crippen LogP contribution in [0.3, 0.4) is 0 Å². The van der Waals surface area contributed by atoms with E-state index in [2.05, 4.69) is 32.5 Å². The molecule has 1 aliphatic carbocycles. The molecule has 2 N–H and O–H groups in total. The summed E-state index contributed by atoms with van der Waals surface area (Å²) in [6, 6.07) is 0. The van der Waals surface area contributed by atoms with Crippen molar-refractivity contribution in [2.75, 3.05) is 5.32 Å². The van der Waals surface area contributed by atoms with Crippen LogP contribution >= 0.6 is 11.3 Å². The van der Waals surface area contributed by atoms with E-state index < -0.39 is 17.8 Å². The number of carbonyl (C=O) groups excluding carboxylic acids is 1. The number of aromatic nitrogens is 3. The number of amides is 1. The van der Waals surface area contributed by atoms with Crippen molar-refractivity contribution in [2.24, 2.45) is 0 Å². The number of anilines is 1. The Hall–Kier alpha value is -2.69. The highest BCUT2D eigenvalue weighted by Gasteiger charge is 2.38. The Labute approximate surface area is 161 Å². The third kappa shape index (κ3) is 3.66. The predicted octanol–water partition coefficient (Wildman–Crippen LogP) is 3.90. The van der Waals surface area contributed by atoms with Gasteiger partial charge in [-0.3, -0.25) is 4.79 Å². The summed E-state index contributed by atoms with van der Waals surface area (Å²) in [5.41, 5.74) is -0.552. The van der Waals surface area contributed by atoms with Gasteiger partial charge in [-0.2, -0.15) is 18.2 Å². The van der Waals surface area contributed by atoms with Gasteiger partial charge in [0.05, 0.1) is 17.5 Å². The van der Waals surface area contributed by atoms with E-state index in [0.717, 1.165) is 29.6 Å². The maximum absolute atomic E-state index is 12.6. The first-order valence-corrected chi connectivity index (χ1v) is 9.36. The van der Waals surface area contributed by atoms with Gasteiger partial charge in [0.1, 0.15) is 22.9 Å². The number of nitrogens with one attached hydrogen (secondary N) is 2. The summed E-state index contributed by atoms with van der Waals surface area (Å²) in [5.74, 6) is 0.511. The molecular formula is C17H16F3N5O2S. The first kappa shape index (κ1) is 18.7. The van der Waals surface area contributed by atoms with E-state index in [0.29, 0.717) is 17.0 Å². The lowest BCUT2D eigenvalue weighted by Crippen LogP contribution is -2.23. The lowest BCUT2D eigenvalue weighted by Gasteiger charge is -2.13.